The minimum atomic E-state index is 0. The van der Waals surface area contributed by atoms with Crippen LogP contribution in [0.2, 0.25) is 0 Å². The van der Waals surface area contributed by atoms with Gasteiger partial charge in [-0.15, -0.1) is 24.0 Å². The molecule has 0 aliphatic rings. The lowest BCUT2D eigenvalue weighted by Gasteiger charge is -2.14. The standard InChI is InChI=1S/C19H16N3.C18H17N3.HI/c1-15-8-5-6-11-17(15)22-14-21(16-9-3-2-4-10-16)19-18(22)12-7-13-20-19;1-14-8-5-6-11-16(14)21-17-12-7-13-19-18(17)20-15-9-3-2-4-10-15;/h2-14H,1H3;2-13,21H,1H3,(H,19,20);1H/q+1;;. The second kappa shape index (κ2) is 14.4. The molecule has 0 aliphatic heterocycles. The average molecular weight is 690 g/mol. The van der Waals surface area contributed by atoms with E-state index in [2.05, 4.69) is 105 Å². The van der Waals surface area contributed by atoms with E-state index in [9.17, 15) is 0 Å². The lowest BCUT2D eigenvalue weighted by Crippen LogP contribution is -2.29. The van der Waals surface area contributed by atoms with E-state index in [1.54, 1.807) is 6.20 Å². The van der Waals surface area contributed by atoms with Crippen LogP contribution in [0.15, 0.2) is 152 Å². The van der Waals surface area contributed by atoms with Crippen LogP contribution in [0.1, 0.15) is 11.1 Å². The van der Waals surface area contributed by atoms with Crippen LogP contribution in [0.5, 0.6) is 0 Å². The number of imidazole rings is 1. The van der Waals surface area contributed by atoms with Gasteiger partial charge in [-0.05, 0) is 85.6 Å². The summed E-state index contributed by atoms with van der Waals surface area (Å²) in [7, 11) is 0. The number of pyridine rings is 2. The number of nitrogens with zero attached hydrogens (tertiary/aromatic N) is 4. The number of anilines is 4. The summed E-state index contributed by atoms with van der Waals surface area (Å²) in [5.74, 6) is 0.812. The summed E-state index contributed by atoms with van der Waals surface area (Å²) in [6, 6.07) is 45.0. The van der Waals surface area contributed by atoms with Gasteiger partial charge < -0.3 is 10.6 Å². The number of hydrogen-bond acceptors (Lipinski definition) is 4. The summed E-state index contributed by atoms with van der Waals surface area (Å²) in [5.41, 5.74) is 9.84. The highest BCUT2D eigenvalue weighted by Gasteiger charge is 2.20. The van der Waals surface area contributed by atoms with Gasteiger partial charge in [0.2, 0.25) is 0 Å². The molecule has 0 saturated carbocycles. The van der Waals surface area contributed by atoms with E-state index < -0.39 is 0 Å². The van der Waals surface area contributed by atoms with Gasteiger partial charge >= 0.3 is 0 Å². The maximum atomic E-state index is 4.58. The monoisotopic (exact) mass is 689 g/mol. The van der Waals surface area contributed by atoms with E-state index in [1.165, 1.54) is 16.8 Å². The number of fused-ring (bicyclic) bond motifs is 1. The second-order valence-corrected chi connectivity index (χ2v) is 10.2. The first-order valence-corrected chi connectivity index (χ1v) is 14.3. The zero-order chi connectivity index (χ0) is 29.4. The first kappa shape index (κ1) is 30.4. The molecule has 6 nitrogen and oxygen atoms in total. The van der Waals surface area contributed by atoms with Gasteiger partial charge in [0.15, 0.2) is 11.3 Å². The van der Waals surface area contributed by atoms with Crippen LogP contribution >= 0.6 is 24.0 Å². The molecule has 218 valence electrons. The van der Waals surface area contributed by atoms with Gasteiger partial charge in [0.25, 0.3) is 12.0 Å². The third kappa shape index (κ3) is 6.95. The number of hydrogen-bond donors (Lipinski definition) is 2. The molecule has 7 aromatic rings. The number of benzene rings is 4. The van der Waals surface area contributed by atoms with Crippen LogP contribution < -0.4 is 15.2 Å². The van der Waals surface area contributed by atoms with E-state index in [1.807, 2.05) is 85.1 Å². The third-order valence-corrected chi connectivity index (χ3v) is 7.15. The minimum Gasteiger partial charge on any atom is -0.352 e. The summed E-state index contributed by atoms with van der Waals surface area (Å²) in [5, 5.41) is 6.77. The number of aromatic nitrogens is 4. The Kier molecular flexibility index (Phi) is 9.99. The van der Waals surface area contributed by atoms with Crippen molar-refractivity contribution in [1.29, 1.82) is 0 Å². The Hall–Kier alpha value is -5.02. The van der Waals surface area contributed by atoms with E-state index in [0.29, 0.717) is 0 Å². The fraction of sp³-hybridized carbons (Fsp3) is 0.0541. The molecule has 7 rings (SSSR count). The van der Waals surface area contributed by atoms with Gasteiger partial charge in [-0.3, -0.25) is 0 Å². The number of rotatable bonds is 6. The Morgan fingerprint density at radius 2 is 1.18 bits per heavy atom. The highest BCUT2D eigenvalue weighted by Crippen LogP contribution is 2.27. The SMILES string of the molecule is Cc1ccccc1-[n+]1cn(-c2ccccc2)c2ncccc21.Cc1ccccc1Nc1cccnc1Nc1ccccc1.I. The van der Waals surface area contributed by atoms with Gasteiger partial charge in [-0.1, -0.05) is 72.8 Å². The molecular formula is C37H34IN6+. The normalized spacial score (nSPS) is 10.3. The van der Waals surface area contributed by atoms with Crippen molar-refractivity contribution in [3.63, 3.8) is 0 Å². The molecule has 0 aliphatic carbocycles. The quantitative estimate of drug-likeness (QED) is 0.135. The summed E-state index contributed by atoms with van der Waals surface area (Å²) in [4.78, 5) is 9.00. The highest BCUT2D eigenvalue weighted by molar-refractivity contribution is 14.0. The van der Waals surface area contributed by atoms with Crippen LogP contribution in [0.25, 0.3) is 22.5 Å². The van der Waals surface area contributed by atoms with Crippen LogP contribution in [-0.4, -0.2) is 14.5 Å². The molecule has 0 unspecified atom stereocenters. The number of para-hydroxylation sites is 4. The molecule has 0 radical (unpaired) electrons. The zero-order valence-corrected chi connectivity index (χ0v) is 27.0. The van der Waals surface area contributed by atoms with Crippen molar-refractivity contribution in [3.05, 3.63) is 163 Å². The Labute approximate surface area is 275 Å². The first-order valence-electron chi connectivity index (χ1n) is 14.3. The Balaban J connectivity index is 0.000000171. The fourth-order valence-corrected chi connectivity index (χ4v) is 4.92. The van der Waals surface area contributed by atoms with Crippen molar-refractivity contribution in [2.24, 2.45) is 0 Å². The van der Waals surface area contributed by atoms with Gasteiger partial charge in [0.1, 0.15) is 11.4 Å². The molecule has 0 amide bonds. The summed E-state index contributed by atoms with van der Waals surface area (Å²) < 4.78 is 4.33. The number of nitrogens with one attached hydrogen (secondary N) is 2. The van der Waals surface area contributed by atoms with Crippen molar-refractivity contribution < 1.29 is 4.57 Å². The van der Waals surface area contributed by atoms with E-state index >= 15 is 0 Å². The molecule has 7 heteroatoms. The third-order valence-electron chi connectivity index (χ3n) is 7.15. The Morgan fingerprint density at radius 1 is 0.568 bits per heavy atom. The van der Waals surface area contributed by atoms with Crippen molar-refractivity contribution in [2.45, 2.75) is 13.8 Å². The van der Waals surface area contributed by atoms with Crippen LogP contribution in [0, 0.1) is 13.8 Å². The van der Waals surface area contributed by atoms with Crippen molar-refractivity contribution in [3.8, 4) is 11.4 Å². The van der Waals surface area contributed by atoms with Gasteiger partial charge in [-0.25, -0.2) is 9.97 Å². The molecule has 44 heavy (non-hydrogen) atoms. The predicted octanol–water partition coefficient (Wildman–Crippen LogP) is 9.11. The molecule has 0 atom stereocenters. The maximum absolute atomic E-state index is 4.58. The maximum Gasteiger partial charge on any atom is 0.274 e. The zero-order valence-electron chi connectivity index (χ0n) is 24.6. The van der Waals surface area contributed by atoms with Crippen molar-refractivity contribution >= 4 is 58.0 Å². The molecular weight excluding hydrogens is 655 g/mol. The summed E-state index contributed by atoms with van der Waals surface area (Å²) in [6.45, 7) is 4.22. The molecule has 0 saturated heterocycles. The molecule has 0 bridgehead atoms. The largest absolute Gasteiger partial charge is 0.352 e. The minimum absolute atomic E-state index is 0. The smallest absolute Gasteiger partial charge is 0.274 e. The van der Waals surface area contributed by atoms with Crippen LogP contribution in [0.3, 0.4) is 0 Å². The van der Waals surface area contributed by atoms with Crippen molar-refractivity contribution in [2.75, 3.05) is 10.6 Å². The van der Waals surface area contributed by atoms with Crippen LogP contribution in [-0.2, 0) is 0 Å². The second-order valence-electron chi connectivity index (χ2n) is 10.2. The molecule has 0 fully saturated rings. The molecule has 3 heterocycles. The Bertz CT molecular complexity index is 1950. The topological polar surface area (TPSA) is 58.6 Å². The molecule has 2 N–H and O–H groups in total. The van der Waals surface area contributed by atoms with E-state index in [0.717, 1.165) is 39.7 Å². The Morgan fingerprint density at radius 3 is 1.93 bits per heavy atom. The predicted molar refractivity (Wildman–Crippen MR) is 191 cm³/mol. The van der Waals surface area contributed by atoms with E-state index in [-0.39, 0.29) is 24.0 Å². The van der Waals surface area contributed by atoms with Crippen LogP contribution in [0.4, 0.5) is 22.9 Å². The highest BCUT2D eigenvalue weighted by atomic mass is 127. The van der Waals surface area contributed by atoms with Gasteiger partial charge in [-0.2, -0.15) is 9.13 Å². The van der Waals surface area contributed by atoms with Gasteiger partial charge in [0, 0.05) is 23.8 Å². The lowest BCUT2D eigenvalue weighted by atomic mass is 10.2. The average Bonchev–Trinajstić information content (AvgIpc) is 3.44. The molecule has 3 aromatic heterocycles. The lowest BCUT2D eigenvalue weighted by molar-refractivity contribution is -0.568. The summed E-state index contributed by atoms with van der Waals surface area (Å²) in [6.07, 6.45) is 5.73. The molecule has 4 aromatic carbocycles. The fourth-order valence-electron chi connectivity index (χ4n) is 4.92. The first-order chi connectivity index (χ1) is 21.2. The van der Waals surface area contributed by atoms with Crippen molar-refractivity contribution in [1.82, 2.24) is 14.5 Å². The number of aryl methyl sites for hydroxylation is 2. The molecule has 0 spiro atoms. The summed E-state index contributed by atoms with van der Waals surface area (Å²) >= 11 is 0. The number of halogens is 1. The van der Waals surface area contributed by atoms with Gasteiger partial charge in [0.05, 0.1) is 5.69 Å². The van der Waals surface area contributed by atoms with E-state index in [4.69, 9.17) is 0 Å².